The van der Waals surface area contributed by atoms with E-state index in [9.17, 15) is 9.18 Å². The molecule has 3 heterocycles. The standard InChI is InChI=1S/C13H17FN2O.C9H11N3/c1-15(12-6-4-11(14)5-7-12)9-10-16-8-2-3-13(16)17;1-2-4-8-5-3-6-9-10-7-11-12(8)9/h4-7H,2-3,8-10H2,1H3;3,5-7H,2,4H2,1H3. The molecule has 7 heteroatoms. The molecule has 1 amide bonds. The molecule has 1 aromatic carbocycles. The summed E-state index contributed by atoms with van der Waals surface area (Å²) in [5, 5.41) is 4.14. The summed E-state index contributed by atoms with van der Waals surface area (Å²) in [7, 11) is 1.95. The summed E-state index contributed by atoms with van der Waals surface area (Å²) in [6, 6.07) is 12.5. The van der Waals surface area contributed by atoms with Crippen LogP contribution in [0.3, 0.4) is 0 Å². The molecule has 0 atom stereocenters. The Labute approximate surface area is 171 Å². The number of aromatic nitrogens is 3. The molecule has 0 spiro atoms. The zero-order valence-corrected chi connectivity index (χ0v) is 17.1. The van der Waals surface area contributed by atoms with E-state index in [0.717, 1.165) is 50.2 Å². The van der Waals surface area contributed by atoms with Crippen molar-refractivity contribution in [2.75, 3.05) is 31.6 Å². The number of rotatable bonds is 6. The van der Waals surface area contributed by atoms with Gasteiger partial charge in [0.1, 0.15) is 12.1 Å². The first-order valence-electron chi connectivity index (χ1n) is 10.1. The highest BCUT2D eigenvalue weighted by molar-refractivity contribution is 5.78. The number of likely N-dealkylation sites (tertiary alicyclic amines) is 1. The third-order valence-corrected chi connectivity index (χ3v) is 5.03. The van der Waals surface area contributed by atoms with Gasteiger partial charge in [0.2, 0.25) is 5.91 Å². The summed E-state index contributed by atoms with van der Waals surface area (Å²) in [4.78, 5) is 19.5. The number of pyridine rings is 1. The average Bonchev–Trinajstić information content (AvgIpc) is 3.37. The summed E-state index contributed by atoms with van der Waals surface area (Å²) in [6.07, 6.45) is 5.44. The lowest BCUT2D eigenvalue weighted by molar-refractivity contribution is -0.127. The van der Waals surface area contributed by atoms with Gasteiger partial charge in [0.05, 0.1) is 0 Å². The minimum Gasteiger partial charge on any atom is -0.373 e. The second-order valence-electron chi connectivity index (χ2n) is 7.18. The van der Waals surface area contributed by atoms with E-state index in [0.29, 0.717) is 6.42 Å². The number of benzene rings is 1. The van der Waals surface area contributed by atoms with Gasteiger partial charge < -0.3 is 9.80 Å². The topological polar surface area (TPSA) is 53.7 Å². The van der Waals surface area contributed by atoms with Crippen LogP contribution in [0.5, 0.6) is 0 Å². The van der Waals surface area contributed by atoms with Crippen molar-refractivity contribution >= 4 is 17.2 Å². The Morgan fingerprint density at radius 1 is 1.17 bits per heavy atom. The molecule has 0 N–H and O–H groups in total. The van der Waals surface area contributed by atoms with Crippen LogP contribution in [-0.4, -0.2) is 52.1 Å². The monoisotopic (exact) mass is 397 g/mol. The summed E-state index contributed by atoms with van der Waals surface area (Å²) in [5.41, 5.74) is 3.13. The number of aryl methyl sites for hydroxylation is 1. The average molecular weight is 397 g/mol. The van der Waals surface area contributed by atoms with Crippen LogP contribution in [0.15, 0.2) is 48.8 Å². The van der Waals surface area contributed by atoms with Crippen molar-refractivity contribution < 1.29 is 9.18 Å². The van der Waals surface area contributed by atoms with Crippen LogP contribution in [0.25, 0.3) is 5.65 Å². The molecule has 1 fully saturated rings. The maximum atomic E-state index is 12.8. The number of carbonyl (C=O) groups excluding carboxylic acids is 1. The molecule has 0 aliphatic carbocycles. The normalized spacial score (nSPS) is 13.5. The van der Waals surface area contributed by atoms with E-state index in [2.05, 4.69) is 23.1 Å². The van der Waals surface area contributed by atoms with E-state index in [-0.39, 0.29) is 11.7 Å². The van der Waals surface area contributed by atoms with E-state index in [1.54, 1.807) is 18.5 Å². The lowest BCUT2D eigenvalue weighted by atomic mass is 10.2. The minimum absolute atomic E-state index is 0.225. The first kappa shape index (κ1) is 20.8. The molecule has 1 aliphatic heterocycles. The highest BCUT2D eigenvalue weighted by Crippen LogP contribution is 2.14. The first-order valence-corrected chi connectivity index (χ1v) is 10.1. The summed E-state index contributed by atoms with van der Waals surface area (Å²) >= 11 is 0. The highest BCUT2D eigenvalue weighted by Gasteiger charge is 2.19. The Hall–Kier alpha value is -2.96. The number of hydrogen-bond acceptors (Lipinski definition) is 4. The van der Waals surface area contributed by atoms with E-state index in [1.807, 2.05) is 33.5 Å². The number of likely N-dealkylation sites (N-methyl/N-ethyl adjacent to an activating group) is 1. The Bertz CT molecular complexity index is 924. The van der Waals surface area contributed by atoms with Crippen molar-refractivity contribution in [3.63, 3.8) is 0 Å². The largest absolute Gasteiger partial charge is 0.373 e. The molecule has 1 aliphatic rings. The number of anilines is 1. The summed E-state index contributed by atoms with van der Waals surface area (Å²) < 4.78 is 14.7. The molecule has 1 saturated heterocycles. The van der Waals surface area contributed by atoms with Crippen LogP contribution >= 0.6 is 0 Å². The van der Waals surface area contributed by atoms with Crippen LogP contribution in [-0.2, 0) is 11.2 Å². The number of nitrogens with zero attached hydrogens (tertiary/aromatic N) is 5. The van der Waals surface area contributed by atoms with Crippen LogP contribution in [0.2, 0.25) is 0 Å². The second-order valence-corrected chi connectivity index (χ2v) is 7.18. The van der Waals surface area contributed by atoms with Crippen molar-refractivity contribution in [1.29, 1.82) is 0 Å². The van der Waals surface area contributed by atoms with E-state index >= 15 is 0 Å². The molecule has 0 bridgehead atoms. The Kier molecular flexibility index (Phi) is 7.16. The van der Waals surface area contributed by atoms with Crippen LogP contribution in [0.1, 0.15) is 31.9 Å². The minimum atomic E-state index is -0.225. The van der Waals surface area contributed by atoms with Crippen molar-refractivity contribution in [2.45, 2.75) is 32.6 Å². The third kappa shape index (κ3) is 5.53. The van der Waals surface area contributed by atoms with Gasteiger partial charge in [-0.25, -0.2) is 13.9 Å². The number of halogens is 1. The molecular weight excluding hydrogens is 369 g/mol. The Morgan fingerprint density at radius 2 is 1.97 bits per heavy atom. The van der Waals surface area contributed by atoms with E-state index < -0.39 is 0 Å². The summed E-state index contributed by atoms with van der Waals surface area (Å²) in [5.74, 6) is 0.0226. The lowest BCUT2D eigenvalue weighted by Crippen LogP contribution is -2.33. The number of fused-ring (bicyclic) bond motifs is 1. The van der Waals surface area contributed by atoms with Crippen molar-refractivity contribution in [2.24, 2.45) is 0 Å². The molecule has 0 radical (unpaired) electrons. The predicted octanol–water partition coefficient (Wildman–Crippen LogP) is 3.57. The third-order valence-electron chi connectivity index (χ3n) is 5.03. The SMILES string of the molecule is CCCc1cccc2ncnn12.CN(CCN1CCCC1=O)c1ccc(F)cc1. The van der Waals surface area contributed by atoms with Crippen molar-refractivity contribution in [3.05, 3.63) is 60.3 Å². The quantitative estimate of drug-likeness (QED) is 0.638. The zero-order valence-electron chi connectivity index (χ0n) is 17.1. The van der Waals surface area contributed by atoms with Gasteiger partial charge in [0.15, 0.2) is 5.65 Å². The molecular formula is C22H28FN5O. The van der Waals surface area contributed by atoms with E-state index in [1.165, 1.54) is 17.8 Å². The van der Waals surface area contributed by atoms with Gasteiger partial charge in [-0.1, -0.05) is 19.4 Å². The predicted molar refractivity (Wildman–Crippen MR) is 112 cm³/mol. The fraction of sp³-hybridized carbons (Fsp3) is 0.409. The molecule has 6 nitrogen and oxygen atoms in total. The van der Waals surface area contributed by atoms with Crippen LogP contribution in [0.4, 0.5) is 10.1 Å². The number of amides is 1. The molecule has 4 rings (SSSR count). The smallest absolute Gasteiger partial charge is 0.222 e. The molecule has 0 unspecified atom stereocenters. The van der Waals surface area contributed by atoms with Gasteiger partial charge in [0, 0.05) is 44.5 Å². The Balaban J connectivity index is 0.000000176. The maximum absolute atomic E-state index is 12.8. The van der Waals surface area contributed by atoms with Gasteiger partial charge in [-0.05, 0) is 49.2 Å². The second kappa shape index (κ2) is 10.0. The van der Waals surface area contributed by atoms with Gasteiger partial charge in [0.25, 0.3) is 0 Å². The van der Waals surface area contributed by atoms with Crippen LogP contribution < -0.4 is 4.90 Å². The maximum Gasteiger partial charge on any atom is 0.222 e. The molecule has 2 aromatic heterocycles. The Morgan fingerprint density at radius 3 is 2.66 bits per heavy atom. The number of carbonyl (C=O) groups is 1. The molecule has 154 valence electrons. The van der Waals surface area contributed by atoms with Crippen molar-refractivity contribution in [3.8, 4) is 0 Å². The lowest BCUT2D eigenvalue weighted by Gasteiger charge is -2.23. The molecule has 3 aromatic rings. The highest BCUT2D eigenvalue weighted by atomic mass is 19.1. The summed E-state index contributed by atoms with van der Waals surface area (Å²) in [6.45, 7) is 4.55. The van der Waals surface area contributed by atoms with Crippen molar-refractivity contribution in [1.82, 2.24) is 19.5 Å². The van der Waals surface area contributed by atoms with Gasteiger partial charge in [-0.15, -0.1) is 0 Å². The van der Waals surface area contributed by atoms with Crippen LogP contribution in [0, 0.1) is 5.82 Å². The fourth-order valence-electron chi connectivity index (χ4n) is 3.38. The van der Waals surface area contributed by atoms with Gasteiger partial charge >= 0.3 is 0 Å². The first-order chi connectivity index (χ1) is 14.1. The molecule has 29 heavy (non-hydrogen) atoms. The van der Waals surface area contributed by atoms with Gasteiger partial charge in [-0.3, -0.25) is 4.79 Å². The number of hydrogen-bond donors (Lipinski definition) is 0. The van der Waals surface area contributed by atoms with E-state index in [4.69, 9.17) is 0 Å². The fourth-order valence-corrected chi connectivity index (χ4v) is 3.38. The van der Waals surface area contributed by atoms with Gasteiger partial charge in [-0.2, -0.15) is 5.10 Å². The zero-order chi connectivity index (χ0) is 20.6. The molecule has 0 saturated carbocycles.